The Bertz CT molecular complexity index is 604. The van der Waals surface area contributed by atoms with E-state index in [-0.39, 0.29) is 12.6 Å². The number of nitrogens with one attached hydrogen (secondary N) is 1. The molecule has 0 radical (unpaired) electrons. The van der Waals surface area contributed by atoms with E-state index in [4.69, 9.17) is 16.3 Å². The van der Waals surface area contributed by atoms with Crippen molar-refractivity contribution in [1.29, 1.82) is 0 Å². The van der Waals surface area contributed by atoms with Crippen LogP contribution < -0.4 is 10.1 Å². The van der Waals surface area contributed by atoms with E-state index in [0.29, 0.717) is 11.6 Å². The van der Waals surface area contributed by atoms with E-state index in [2.05, 4.69) is 11.4 Å². The molecule has 0 aliphatic carbocycles. The van der Waals surface area contributed by atoms with Crippen LogP contribution in [-0.2, 0) is 6.54 Å². The Kier molecular flexibility index (Phi) is 6.58. The van der Waals surface area contributed by atoms with Gasteiger partial charge in [0.2, 0.25) is 0 Å². The molecule has 0 heterocycles. The first-order chi connectivity index (χ1) is 10.7. The molecule has 0 aromatic heterocycles. The Balaban J connectivity index is 2.05. The third-order valence-corrected chi connectivity index (χ3v) is 4.47. The third kappa shape index (κ3) is 4.40. The van der Waals surface area contributed by atoms with Gasteiger partial charge in [-0.1, -0.05) is 29.8 Å². The highest BCUT2D eigenvalue weighted by molar-refractivity contribution is 7.98. The van der Waals surface area contributed by atoms with E-state index in [9.17, 15) is 5.11 Å². The topological polar surface area (TPSA) is 41.5 Å². The lowest BCUT2D eigenvalue weighted by molar-refractivity contribution is 0.243. The number of hydrogen-bond acceptors (Lipinski definition) is 4. The fourth-order valence-electron chi connectivity index (χ4n) is 2.21. The lowest BCUT2D eigenvalue weighted by atomic mass is 10.1. The van der Waals surface area contributed by atoms with E-state index in [1.54, 1.807) is 18.9 Å². The van der Waals surface area contributed by atoms with Gasteiger partial charge in [-0.3, -0.25) is 0 Å². The van der Waals surface area contributed by atoms with Gasteiger partial charge in [0.15, 0.2) is 0 Å². The fourth-order valence-corrected chi connectivity index (χ4v) is 2.96. The molecule has 2 aromatic carbocycles. The summed E-state index contributed by atoms with van der Waals surface area (Å²) in [5.74, 6) is 0.882. The molecule has 1 atom stereocenters. The van der Waals surface area contributed by atoms with Gasteiger partial charge in [0.1, 0.15) is 5.75 Å². The molecule has 0 bridgehead atoms. The quantitative estimate of drug-likeness (QED) is 0.752. The minimum atomic E-state index is -0.114. The van der Waals surface area contributed by atoms with E-state index >= 15 is 0 Å². The highest BCUT2D eigenvalue weighted by Gasteiger charge is 2.10. The van der Waals surface area contributed by atoms with Gasteiger partial charge in [0.05, 0.1) is 19.8 Å². The summed E-state index contributed by atoms with van der Waals surface area (Å²) in [6, 6.07) is 13.5. The number of aliphatic hydroxyl groups excluding tert-OH is 1. The van der Waals surface area contributed by atoms with Gasteiger partial charge in [-0.25, -0.2) is 0 Å². The summed E-state index contributed by atoms with van der Waals surface area (Å²) in [6.45, 7) is 0.707. The van der Waals surface area contributed by atoms with E-state index < -0.39 is 0 Å². The van der Waals surface area contributed by atoms with Crippen LogP contribution in [0.2, 0.25) is 5.02 Å². The molecule has 0 spiro atoms. The SMILES string of the molecule is COc1ccc(CNC(CO)c2ccc(Cl)cc2)cc1SC. The molecule has 0 aliphatic heterocycles. The van der Waals surface area contributed by atoms with Crippen LogP contribution in [0.3, 0.4) is 0 Å². The fraction of sp³-hybridized carbons (Fsp3) is 0.294. The average Bonchev–Trinajstić information content (AvgIpc) is 2.56. The second kappa shape index (κ2) is 8.44. The summed E-state index contributed by atoms with van der Waals surface area (Å²) in [4.78, 5) is 1.11. The van der Waals surface area contributed by atoms with Crippen molar-refractivity contribution in [3.05, 3.63) is 58.6 Å². The Morgan fingerprint density at radius 1 is 1.23 bits per heavy atom. The molecule has 3 nitrogen and oxygen atoms in total. The normalized spacial score (nSPS) is 12.2. The summed E-state index contributed by atoms with van der Waals surface area (Å²) in [5.41, 5.74) is 2.17. The maximum atomic E-state index is 9.59. The molecular formula is C17H20ClNO2S. The Labute approximate surface area is 140 Å². The van der Waals surface area contributed by atoms with Crippen molar-refractivity contribution in [1.82, 2.24) is 5.32 Å². The molecule has 118 valence electrons. The molecule has 2 rings (SSSR count). The van der Waals surface area contributed by atoms with Crippen LogP contribution >= 0.6 is 23.4 Å². The number of ether oxygens (including phenoxy) is 1. The Hall–Kier alpha value is -1.20. The molecule has 22 heavy (non-hydrogen) atoms. The summed E-state index contributed by atoms with van der Waals surface area (Å²) in [5, 5.41) is 13.7. The smallest absolute Gasteiger partial charge is 0.132 e. The number of aliphatic hydroxyl groups is 1. The van der Waals surface area contributed by atoms with Gasteiger partial charge in [0, 0.05) is 16.5 Å². The number of rotatable bonds is 7. The lowest BCUT2D eigenvalue weighted by Crippen LogP contribution is -2.23. The van der Waals surface area contributed by atoms with Crippen LogP contribution in [0.1, 0.15) is 17.2 Å². The average molecular weight is 338 g/mol. The molecule has 0 aliphatic rings. The third-order valence-electron chi connectivity index (χ3n) is 3.46. The molecule has 2 aromatic rings. The minimum absolute atomic E-state index is 0.0349. The first-order valence-corrected chi connectivity index (χ1v) is 8.58. The van der Waals surface area contributed by atoms with Crippen LogP contribution in [0.5, 0.6) is 5.75 Å². The van der Waals surface area contributed by atoms with Crippen LogP contribution in [0.15, 0.2) is 47.4 Å². The maximum absolute atomic E-state index is 9.59. The van der Waals surface area contributed by atoms with E-state index in [1.165, 1.54) is 0 Å². The molecule has 2 N–H and O–H groups in total. The van der Waals surface area contributed by atoms with Crippen molar-refractivity contribution < 1.29 is 9.84 Å². The van der Waals surface area contributed by atoms with E-state index in [1.807, 2.05) is 42.7 Å². The van der Waals surface area contributed by atoms with Crippen LogP contribution in [0, 0.1) is 0 Å². The number of halogens is 1. The monoisotopic (exact) mass is 337 g/mol. The van der Waals surface area contributed by atoms with Gasteiger partial charge in [-0.2, -0.15) is 0 Å². The molecule has 0 amide bonds. The number of methoxy groups -OCH3 is 1. The zero-order chi connectivity index (χ0) is 15.9. The summed E-state index contributed by atoms with van der Waals surface area (Å²) in [6.07, 6.45) is 2.03. The van der Waals surface area contributed by atoms with Gasteiger partial charge in [-0.05, 0) is 41.6 Å². The van der Waals surface area contributed by atoms with Crippen LogP contribution in [-0.4, -0.2) is 25.1 Å². The number of benzene rings is 2. The number of hydrogen-bond donors (Lipinski definition) is 2. The standard InChI is InChI=1S/C17H20ClNO2S/c1-21-16-8-3-12(9-17(16)22-2)10-19-15(11-20)13-4-6-14(18)7-5-13/h3-9,15,19-20H,10-11H2,1-2H3. The minimum Gasteiger partial charge on any atom is -0.496 e. The first-order valence-electron chi connectivity index (χ1n) is 6.98. The van der Waals surface area contributed by atoms with Crippen LogP contribution in [0.25, 0.3) is 0 Å². The molecule has 0 saturated carbocycles. The Morgan fingerprint density at radius 2 is 1.95 bits per heavy atom. The summed E-state index contributed by atoms with van der Waals surface area (Å²) < 4.78 is 5.32. The lowest BCUT2D eigenvalue weighted by Gasteiger charge is -2.17. The van der Waals surface area contributed by atoms with Gasteiger partial charge in [-0.15, -0.1) is 11.8 Å². The zero-order valence-electron chi connectivity index (χ0n) is 12.7. The molecule has 0 fully saturated rings. The number of thioether (sulfide) groups is 1. The Morgan fingerprint density at radius 3 is 2.55 bits per heavy atom. The second-order valence-electron chi connectivity index (χ2n) is 4.86. The molecule has 0 saturated heterocycles. The van der Waals surface area contributed by atoms with Crippen LogP contribution in [0.4, 0.5) is 0 Å². The van der Waals surface area contributed by atoms with Crippen molar-refractivity contribution in [2.24, 2.45) is 0 Å². The van der Waals surface area contributed by atoms with Crippen molar-refractivity contribution in [2.45, 2.75) is 17.5 Å². The van der Waals surface area contributed by atoms with Gasteiger partial charge in [0.25, 0.3) is 0 Å². The predicted molar refractivity (Wildman–Crippen MR) is 92.9 cm³/mol. The van der Waals surface area contributed by atoms with Gasteiger partial charge < -0.3 is 15.2 Å². The van der Waals surface area contributed by atoms with Crippen molar-refractivity contribution in [2.75, 3.05) is 20.0 Å². The highest BCUT2D eigenvalue weighted by Crippen LogP contribution is 2.28. The van der Waals surface area contributed by atoms with Crippen molar-refractivity contribution >= 4 is 23.4 Å². The summed E-state index contributed by atoms with van der Waals surface area (Å²) >= 11 is 7.55. The molecule has 1 unspecified atom stereocenters. The summed E-state index contributed by atoms with van der Waals surface area (Å²) in [7, 11) is 1.68. The van der Waals surface area contributed by atoms with E-state index in [0.717, 1.165) is 21.8 Å². The molecular weight excluding hydrogens is 318 g/mol. The second-order valence-corrected chi connectivity index (χ2v) is 6.14. The first kappa shape index (κ1) is 17.2. The molecule has 5 heteroatoms. The zero-order valence-corrected chi connectivity index (χ0v) is 14.2. The van der Waals surface area contributed by atoms with Crippen molar-refractivity contribution in [3.63, 3.8) is 0 Å². The van der Waals surface area contributed by atoms with Crippen molar-refractivity contribution in [3.8, 4) is 5.75 Å². The van der Waals surface area contributed by atoms with Gasteiger partial charge >= 0.3 is 0 Å². The largest absolute Gasteiger partial charge is 0.496 e. The predicted octanol–water partition coefficient (Wildman–Crippen LogP) is 3.89. The maximum Gasteiger partial charge on any atom is 0.132 e. The highest BCUT2D eigenvalue weighted by atomic mass is 35.5.